The standard InChI is InChI=1S/C14H12N2O/c15-9-5-11-16-10-4-8-13(16)14(17)12-6-2-1-3-7-12/h1-4,6-8,10H,5,11H2. The molecule has 0 spiro atoms. The van der Waals surface area contributed by atoms with E-state index in [4.69, 9.17) is 5.26 Å². The monoisotopic (exact) mass is 224 g/mol. The van der Waals surface area contributed by atoms with E-state index in [0.717, 1.165) is 0 Å². The number of carbonyl (C=O) groups excluding carboxylic acids is 1. The summed E-state index contributed by atoms with van der Waals surface area (Å²) < 4.78 is 1.82. The molecule has 0 amide bonds. The van der Waals surface area contributed by atoms with Crippen molar-refractivity contribution in [2.24, 2.45) is 0 Å². The van der Waals surface area contributed by atoms with Crippen LogP contribution in [0, 0.1) is 11.3 Å². The first-order chi connectivity index (χ1) is 8.33. The number of carbonyl (C=O) groups is 1. The third kappa shape index (κ3) is 2.43. The Balaban J connectivity index is 2.26. The number of aromatic nitrogens is 1. The summed E-state index contributed by atoms with van der Waals surface area (Å²) in [5.41, 5.74) is 1.30. The highest BCUT2D eigenvalue weighted by molar-refractivity contribution is 6.07. The maximum atomic E-state index is 12.2. The van der Waals surface area contributed by atoms with Gasteiger partial charge in [-0.3, -0.25) is 4.79 Å². The molecule has 0 fully saturated rings. The SMILES string of the molecule is N#CCCn1cccc1C(=O)c1ccccc1. The first-order valence-corrected chi connectivity index (χ1v) is 5.45. The van der Waals surface area contributed by atoms with Gasteiger partial charge in [-0.05, 0) is 12.1 Å². The van der Waals surface area contributed by atoms with Crippen molar-refractivity contribution in [3.63, 3.8) is 0 Å². The summed E-state index contributed by atoms with van der Waals surface area (Å²) >= 11 is 0. The minimum Gasteiger partial charge on any atom is -0.344 e. The third-order valence-electron chi connectivity index (χ3n) is 2.56. The fourth-order valence-electron chi connectivity index (χ4n) is 1.72. The Hall–Kier alpha value is -2.34. The van der Waals surface area contributed by atoms with Crippen molar-refractivity contribution in [3.8, 4) is 6.07 Å². The summed E-state index contributed by atoms with van der Waals surface area (Å²) in [6.45, 7) is 0.553. The molecule has 0 N–H and O–H groups in total. The Labute approximate surface area is 99.9 Å². The van der Waals surface area contributed by atoms with E-state index in [1.807, 2.05) is 35.0 Å². The quantitative estimate of drug-likeness (QED) is 0.749. The number of hydrogen-bond donors (Lipinski definition) is 0. The molecule has 2 rings (SSSR count). The van der Waals surface area contributed by atoms with E-state index in [2.05, 4.69) is 6.07 Å². The highest BCUT2D eigenvalue weighted by Gasteiger charge is 2.12. The van der Waals surface area contributed by atoms with E-state index in [0.29, 0.717) is 24.2 Å². The van der Waals surface area contributed by atoms with Crippen molar-refractivity contribution in [1.82, 2.24) is 4.57 Å². The molecule has 0 aliphatic rings. The van der Waals surface area contributed by atoms with Crippen LogP contribution in [0.2, 0.25) is 0 Å². The number of nitrogens with zero attached hydrogens (tertiary/aromatic N) is 2. The van der Waals surface area contributed by atoms with Crippen LogP contribution in [0.5, 0.6) is 0 Å². The van der Waals surface area contributed by atoms with Crippen molar-refractivity contribution < 1.29 is 4.79 Å². The lowest BCUT2D eigenvalue weighted by atomic mass is 10.1. The maximum absolute atomic E-state index is 12.2. The van der Waals surface area contributed by atoms with Gasteiger partial charge >= 0.3 is 0 Å². The van der Waals surface area contributed by atoms with Gasteiger partial charge in [-0.25, -0.2) is 0 Å². The Morgan fingerprint density at radius 2 is 1.94 bits per heavy atom. The summed E-state index contributed by atoms with van der Waals surface area (Å²) in [5, 5.41) is 8.56. The van der Waals surface area contributed by atoms with Gasteiger partial charge in [0.1, 0.15) is 0 Å². The highest BCUT2D eigenvalue weighted by Crippen LogP contribution is 2.11. The molecule has 0 aliphatic heterocycles. The fourth-order valence-corrected chi connectivity index (χ4v) is 1.72. The molecule has 1 heterocycles. The van der Waals surface area contributed by atoms with Crippen molar-refractivity contribution in [1.29, 1.82) is 5.26 Å². The molecule has 84 valence electrons. The first kappa shape index (κ1) is 11.2. The van der Waals surface area contributed by atoms with Crippen LogP contribution in [0.1, 0.15) is 22.5 Å². The topological polar surface area (TPSA) is 45.8 Å². The van der Waals surface area contributed by atoms with Crippen LogP contribution >= 0.6 is 0 Å². The second-order valence-corrected chi connectivity index (χ2v) is 3.69. The molecule has 0 bridgehead atoms. The molecular weight excluding hydrogens is 212 g/mol. The van der Waals surface area contributed by atoms with Gasteiger partial charge < -0.3 is 4.57 Å². The lowest BCUT2D eigenvalue weighted by Crippen LogP contribution is -2.09. The van der Waals surface area contributed by atoms with Crippen molar-refractivity contribution in [2.45, 2.75) is 13.0 Å². The molecule has 3 nitrogen and oxygen atoms in total. The number of ketones is 1. The summed E-state index contributed by atoms with van der Waals surface area (Å²) in [4.78, 5) is 12.2. The number of hydrogen-bond acceptors (Lipinski definition) is 2. The third-order valence-corrected chi connectivity index (χ3v) is 2.56. The second kappa shape index (κ2) is 5.13. The van der Waals surface area contributed by atoms with Crippen LogP contribution in [-0.4, -0.2) is 10.4 Å². The van der Waals surface area contributed by atoms with Crippen molar-refractivity contribution in [2.75, 3.05) is 0 Å². The van der Waals surface area contributed by atoms with Crippen molar-refractivity contribution in [3.05, 3.63) is 59.9 Å². The van der Waals surface area contributed by atoms with E-state index < -0.39 is 0 Å². The minimum absolute atomic E-state index is 0.00598. The van der Waals surface area contributed by atoms with Crippen LogP contribution in [-0.2, 0) is 6.54 Å². The highest BCUT2D eigenvalue weighted by atomic mass is 16.1. The normalized spacial score (nSPS) is 9.82. The summed E-state index contributed by atoms with van der Waals surface area (Å²) in [5.74, 6) is -0.00598. The second-order valence-electron chi connectivity index (χ2n) is 3.69. The van der Waals surface area contributed by atoms with E-state index in [1.165, 1.54) is 0 Å². The number of aryl methyl sites for hydroxylation is 1. The average molecular weight is 224 g/mol. The molecule has 0 unspecified atom stereocenters. The lowest BCUT2D eigenvalue weighted by Gasteiger charge is -2.06. The van der Waals surface area contributed by atoms with E-state index in [-0.39, 0.29) is 5.78 Å². The first-order valence-electron chi connectivity index (χ1n) is 5.45. The van der Waals surface area contributed by atoms with Crippen LogP contribution in [0.4, 0.5) is 0 Å². The van der Waals surface area contributed by atoms with Gasteiger partial charge in [0.15, 0.2) is 0 Å². The summed E-state index contributed by atoms with van der Waals surface area (Å²) in [6.07, 6.45) is 2.23. The van der Waals surface area contributed by atoms with Gasteiger partial charge in [-0.15, -0.1) is 0 Å². The number of nitriles is 1. The predicted molar refractivity (Wildman–Crippen MR) is 64.5 cm³/mol. The van der Waals surface area contributed by atoms with Crippen molar-refractivity contribution >= 4 is 5.78 Å². The van der Waals surface area contributed by atoms with Gasteiger partial charge in [0, 0.05) is 18.3 Å². The Morgan fingerprint density at radius 3 is 2.65 bits per heavy atom. The lowest BCUT2D eigenvalue weighted by molar-refractivity contribution is 0.103. The molecule has 0 saturated heterocycles. The Bertz CT molecular complexity index is 549. The van der Waals surface area contributed by atoms with E-state index in [9.17, 15) is 4.79 Å². The molecule has 3 heteroatoms. The molecule has 0 atom stereocenters. The molecule has 17 heavy (non-hydrogen) atoms. The molecular formula is C14H12N2O. The van der Waals surface area contributed by atoms with Gasteiger partial charge in [0.2, 0.25) is 5.78 Å². The minimum atomic E-state index is -0.00598. The van der Waals surface area contributed by atoms with Gasteiger partial charge in [-0.1, -0.05) is 30.3 Å². The molecule has 2 aromatic rings. The summed E-state index contributed by atoms with van der Waals surface area (Å²) in [6, 6.07) is 14.8. The number of rotatable bonds is 4. The van der Waals surface area contributed by atoms with Crippen LogP contribution in [0.3, 0.4) is 0 Å². The molecule has 0 saturated carbocycles. The van der Waals surface area contributed by atoms with Gasteiger partial charge in [-0.2, -0.15) is 5.26 Å². The molecule has 0 radical (unpaired) electrons. The smallest absolute Gasteiger partial charge is 0.209 e. The molecule has 0 aliphatic carbocycles. The fraction of sp³-hybridized carbons (Fsp3) is 0.143. The summed E-state index contributed by atoms with van der Waals surface area (Å²) in [7, 11) is 0. The molecule has 1 aromatic carbocycles. The zero-order valence-corrected chi connectivity index (χ0v) is 9.34. The van der Waals surface area contributed by atoms with Gasteiger partial charge in [0.25, 0.3) is 0 Å². The average Bonchev–Trinajstić information content (AvgIpc) is 2.84. The Morgan fingerprint density at radius 1 is 1.18 bits per heavy atom. The molecule has 1 aromatic heterocycles. The Kier molecular flexibility index (Phi) is 3.37. The van der Waals surface area contributed by atoms with Crippen LogP contribution in [0.15, 0.2) is 48.7 Å². The predicted octanol–water partition coefficient (Wildman–Crippen LogP) is 2.63. The van der Waals surface area contributed by atoms with E-state index >= 15 is 0 Å². The largest absolute Gasteiger partial charge is 0.344 e. The number of benzene rings is 1. The zero-order valence-electron chi connectivity index (χ0n) is 9.34. The zero-order chi connectivity index (χ0) is 12.1. The van der Waals surface area contributed by atoms with E-state index in [1.54, 1.807) is 18.2 Å². The van der Waals surface area contributed by atoms with Gasteiger partial charge in [0.05, 0.1) is 18.2 Å². The van der Waals surface area contributed by atoms with Crippen LogP contribution < -0.4 is 0 Å². The maximum Gasteiger partial charge on any atom is 0.209 e. The van der Waals surface area contributed by atoms with Crippen LogP contribution in [0.25, 0.3) is 0 Å².